The van der Waals surface area contributed by atoms with Crippen molar-refractivity contribution in [2.24, 2.45) is 5.14 Å². The molecule has 0 heterocycles. The molecule has 0 radical (unpaired) electrons. The van der Waals surface area contributed by atoms with E-state index in [2.05, 4.69) is 5.32 Å². The van der Waals surface area contributed by atoms with Crippen LogP contribution in [0.5, 0.6) is 11.5 Å². The van der Waals surface area contributed by atoms with Crippen molar-refractivity contribution in [3.63, 3.8) is 0 Å². The number of para-hydroxylation sites is 2. The Morgan fingerprint density at radius 2 is 1.62 bits per heavy atom. The van der Waals surface area contributed by atoms with Crippen molar-refractivity contribution < 1.29 is 17.9 Å². The third kappa shape index (κ3) is 4.82. The smallest absolute Gasteiger partial charge is 0.255 e. The number of primary sulfonamides is 1. The van der Waals surface area contributed by atoms with Crippen LogP contribution in [0.2, 0.25) is 0 Å². The van der Waals surface area contributed by atoms with Gasteiger partial charge in [-0.25, -0.2) is 13.6 Å². The first-order chi connectivity index (χ1) is 13.6. The maximum atomic E-state index is 12.8. The summed E-state index contributed by atoms with van der Waals surface area (Å²) in [6.07, 6.45) is 0. The van der Waals surface area contributed by atoms with E-state index in [1.54, 1.807) is 44.2 Å². The Hall–Kier alpha value is -3.16. The van der Waals surface area contributed by atoms with E-state index in [0.717, 1.165) is 5.56 Å². The Bertz CT molecular complexity index is 1170. The van der Waals surface area contributed by atoms with E-state index in [1.165, 1.54) is 6.07 Å². The maximum Gasteiger partial charge on any atom is 0.255 e. The monoisotopic (exact) mass is 410 g/mol. The Labute approximate surface area is 170 Å². The van der Waals surface area contributed by atoms with Crippen LogP contribution in [0.25, 0.3) is 0 Å². The predicted molar refractivity (Wildman–Crippen MR) is 113 cm³/mol. The van der Waals surface area contributed by atoms with Gasteiger partial charge < -0.3 is 10.1 Å². The van der Waals surface area contributed by atoms with Crippen molar-refractivity contribution in [2.75, 3.05) is 5.32 Å². The molecule has 0 aliphatic heterocycles. The molecule has 0 bridgehead atoms. The van der Waals surface area contributed by atoms with Crippen LogP contribution in [0.4, 0.5) is 5.69 Å². The van der Waals surface area contributed by atoms with E-state index in [4.69, 9.17) is 9.88 Å². The zero-order valence-electron chi connectivity index (χ0n) is 16.4. The van der Waals surface area contributed by atoms with Crippen molar-refractivity contribution in [2.45, 2.75) is 25.7 Å². The molecule has 3 aromatic rings. The first kappa shape index (κ1) is 20.6. The van der Waals surface area contributed by atoms with Gasteiger partial charge >= 0.3 is 0 Å². The molecule has 0 aromatic heterocycles. The van der Waals surface area contributed by atoms with Gasteiger partial charge in [0.1, 0.15) is 5.75 Å². The van der Waals surface area contributed by atoms with E-state index >= 15 is 0 Å². The third-order valence-corrected chi connectivity index (χ3v) is 5.61. The molecule has 1 amide bonds. The number of rotatable bonds is 5. The summed E-state index contributed by atoms with van der Waals surface area (Å²) in [6.45, 7) is 5.37. The number of hydrogen-bond acceptors (Lipinski definition) is 4. The Balaban J connectivity index is 1.90. The number of nitrogens with two attached hydrogens (primary N) is 1. The third-order valence-electron chi connectivity index (χ3n) is 4.57. The lowest BCUT2D eigenvalue weighted by molar-refractivity contribution is 0.102. The number of anilines is 1. The molecule has 0 fully saturated rings. The highest BCUT2D eigenvalue weighted by Crippen LogP contribution is 2.30. The van der Waals surface area contributed by atoms with Crippen LogP contribution in [0.15, 0.2) is 65.6 Å². The van der Waals surface area contributed by atoms with Gasteiger partial charge in [0, 0.05) is 5.56 Å². The molecule has 0 unspecified atom stereocenters. The second-order valence-electron chi connectivity index (χ2n) is 6.83. The lowest BCUT2D eigenvalue weighted by Crippen LogP contribution is -2.18. The average molecular weight is 410 g/mol. The molecule has 0 spiro atoms. The first-order valence-corrected chi connectivity index (χ1v) is 10.5. The van der Waals surface area contributed by atoms with Gasteiger partial charge in [0.05, 0.1) is 10.6 Å². The number of carbonyl (C=O) groups is 1. The molecule has 0 atom stereocenters. The fourth-order valence-electron chi connectivity index (χ4n) is 2.84. The SMILES string of the molecule is Cc1ccc(Oc2ccccc2NC(=O)c2cc(C)c(C)c(S(N)(=O)=O)c2)cc1. The molecule has 29 heavy (non-hydrogen) atoms. The van der Waals surface area contributed by atoms with E-state index in [9.17, 15) is 13.2 Å². The summed E-state index contributed by atoms with van der Waals surface area (Å²) >= 11 is 0. The molecular formula is C22H22N2O4S. The highest BCUT2D eigenvalue weighted by atomic mass is 32.2. The number of hydrogen-bond donors (Lipinski definition) is 2. The molecule has 150 valence electrons. The number of ether oxygens (including phenoxy) is 1. The Morgan fingerprint density at radius 1 is 0.966 bits per heavy atom. The molecule has 3 rings (SSSR count). The summed E-state index contributed by atoms with van der Waals surface area (Å²) < 4.78 is 29.6. The fourth-order valence-corrected chi connectivity index (χ4v) is 3.72. The van der Waals surface area contributed by atoms with Crippen LogP contribution in [0.1, 0.15) is 27.0 Å². The van der Waals surface area contributed by atoms with Gasteiger partial charge in [0.2, 0.25) is 10.0 Å². The fraction of sp³-hybridized carbons (Fsp3) is 0.136. The second-order valence-corrected chi connectivity index (χ2v) is 8.36. The van der Waals surface area contributed by atoms with Gasteiger partial charge in [-0.1, -0.05) is 29.8 Å². The molecule has 7 heteroatoms. The Kier molecular flexibility index (Phi) is 5.72. The number of sulfonamides is 1. The van der Waals surface area contributed by atoms with Gasteiger partial charge in [-0.15, -0.1) is 0 Å². The largest absolute Gasteiger partial charge is 0.455 e. The van der Waals surface area contributed by atoms with Crippen molar-refractivity contribution in [1.82, 2.24) is 0 Å². The summed E-state index contributed by atoms with van der Waals surface area (Å²) in [4.78, 5) is 12.7. The molecule has 6 nitrogen and oxygen atoms in total. The van der Waals surface area contributed by atoms with Crippen LogP contribution in [0, 0.1) is 20.8 Å². The summed E-state index contributed by atoms with van der Waals surface area (Å²) in [7, 11) is -3.94. The van der Waals surface area contributed by atoms with Gasteiger partial charge in [0.15, 0.2) is 5.75 Å². The Morgan fingerprint density at radius 3 is 2.28 bits per heavy atom. The minimum atomic E-state index is -3.94. The summed E-state index contributed by atoms with van der Waals surface area (Å²) in [5.41, 5.74) is 2.95. The molecule has 3 aromatic carbocycles. The van der Waals surface area contributed by atoms with Crippen molar-refractivity contribution in [3.8, 4) is 11.5 Å². The van der Waals surface area contributed by atoms with Crippen molar-refractivity contribution in [1.29, 1.82) is 0 Å². The van der Waals surface area contributed by atoms with Gasteiger partial charge in [0.25, 0.3) is 5.91 Å². The number of amides is 1. The minimum absolute atomic E-state index is 0.0631. The highest BCUT2D eigenvalue weighted by molar-refractivity contribution is 7.89. The highest BCUT2D eigenvalue weighted by Gasteiger charge is 2.18. The van der Waals surface area contributed by atoms with Crippen LogP contribution in [0.3, 0.4) is 0 Å². The average Bonchev–Trinajstić information content (AvgIpc) is 2.66. The van der Waals surface area contributed by atoms with Gasteiger partial charge in [-0.2, -0.15) is 0 Å². The number of aryl methyl sites for hydroxylation is 2. The normalized spacial score (nSPS) is 11.2. The molecular weight excluding hydrogens is 388 g/mol. The molecule has 0 saturated heterocycles. The van der Waals surface area contributed by atoms with Crippen molar-refractivity contribution in [3.05, 3.63) is 82.9 Å². The van der Waals surface area contributed by atoms with Crippen LogP contribution >= 0.6 is 0 Å². The molecule has 0 saturated carbocycles. The zero-order chi connectivity index (χ0) is 21.2. The standard InChI is InChI=1S/C22H22N2O4S/c1-14-8-10-18(11-9-14)28-20-7-5-4-6-19(20)24-22(25)17-12-15(2)16(3)21(13-17)29(23,26)27/h4-13H,1-3H3,(H,24,25)(H2,23,26,27). The summed E-state index contributed by atoms with van der Waals surface area (Å²) in [5.74, 6) is 0.651. The van der Waals surface area contributed by atoms with Crippen LogP contribution in [-0.2, 0) is 10.0 Å². The molecule has 3 N–H and O–H groups in total. The number of nitrogens with one attached hydrogen (secondary N) is 1. The van der Waals surface area contributed by atoms with Crippen molar-refractivity contribution >= 4 is 21.6 Å². The van der Waals surface area contributed by atoms with E-state index in [1.807, 2.05) is 31.2 Å². The lowest BCUT2D eigenvalue weighted by atomic mass is 10.1. The minimum Gasteiger partial charge on any atom is -0.455 e. The number of carbonyl (C=O) groups excluding carboxylic acids is 1. The van der Waals surface area contributed by atoms with E-state index in [0.29, 0.717) is 28.3 Å². The maximum absolute atomic E-state index is 12.8. The second kappa shape index (κ2) is 8.06. The zero-order valence-corrected chi connectivity index (χ0v) is 17.2. The lowest BCUT2D eigenvalue weighted by Gasteiger charge is -2.14. The van der Waals surface area contributed by atoms with Crippen LogP contribution < -0.4 is 15.2 Å². The molecule has 0 aliphatic carbocycles. The van der Waals surface area contributed by atoms with Crippen LogP contribution in [-0.4, -0.2) is 14.3 Å². The van der Waals surface area contributed by atoms with Gasteiger partial charge in [-0.3, -0.25) is 4.79 Å². The molecule has 0 aliphatic rings. The topological polar surface area (TPSA) is 98.5 Å². The van der Waals surface area contributed by atoms with Gasteiger partial charge in [-0.05, 0) is 68.3 Å². The van der Waals surface area contributed by atoms with E-state index in [-0.39, 0.29) is 10.5 Å². The predicted octanol–water partition coefficient (Wildman–Crippen LogP) is 4.30. The summed E-state index contributed by atoms with van der Waals surface area (Å²) in [6, 6.07) is 17.5. The summed E-state index contributed by atoms with van der Waals surface area (Å²) in [5, 5.41) is 8.07. The quantitative estimate of drug-likeness (QED) is 0.655. The first-order valence-electron chi connectivity index (χ1n) is 8.94. The van der Waals surface area contributed by atoms with E-state index < -0.39 is 15.9 Å². The number of benzene rings is 3.